The van der Waals surface area contributed by atoms with Gasteiger partial charge in [-0.25, -0.2) is 4.98 Å². The first kappa shape index (κ1) is 18.7. The number of nitrogens with one attached hydrogen (secondary N) is 1. The van der Waals surface area contributed by atoms with Gasteiger partial charge < -0.3 is 14.8 Å². The molecule has 1 aliphatic heterocycles. The number of piperazine rings is 1. The number of likely N-dealkylation sites (N-methyl/N-ethyl adjacent to an activating group) is 1. The van der Waals surface area contributed by atoms with Crippen LogP contribution in [0.2, 0.25) is 0 Å². The molecule has 5 nitrogen and oxygen atoms in total. The zero-order valence-corrected chi connectivity index (χ0v) is 16.8. The van der Waals surface area contributed by atoms with E-state index in [1.807, 2.05) is 19.3 Å². The number of hydrogen-bond donors (Lipinski definition) is 1. The molecular weight excluding hydrogens is 346 g/mol. The van der Waals surface area contributed by atoms with Gasteiger partial charge >= 0.3 is 0 Å². The van der Waals surface area contributed by atoms with Crippen LogP contribution in [0.4, 0.5) is 5.69 Å². The number of rotatable bonds is 6. The lowest BCUT2D eigenvalue weighted by molar-refractivity contribution is 0.178. The van der Waals surface area contributed by atoms with Crippen molar-refractivity contribution in [3.63, 3.8) is 0 Å². The van der Waals surface area contributed by atoms with Crippen LogP contribution in [0.1, 0.15) is 11.7 Å². The molecule has 0 saturated carbocycles. The van der Waals surface area contributed by atoms with Gasteiger partial charge in [0.15, 0.2) is 0 Å². The Balaban J connectivity index is 1.52. The van der Waals surface area contributed by atoms with Gasteiger partial charge in [-0.2, -0.15) is 0 Å². The lowest BCUT2D eigenvalue weighted by Crippen LogP contribution is -2.49. The van der Waals surface area contributed by atoms with Crippen molar-refractivity contribution in [3.8, 4) is 11.4 Å². The fraction of sp³-hybridized carbons (Fsp3) is 0.348. The van der Waals surface area contributed by atoms with Gasteiger partial charge in [-0.3, -0.25) is 4.90 Å². The van der Waals surface area contributed by atoms with Crippen LogP contribution in [0.15, 0.2) is 66.9 Å². The Morgan fingerprint density at radius 3 is 2.21 bits per heavy atom. The fourth-order valence-electron chi connectivity index (χ4n) is 4.13. The third kappa shape index (κ3) is 3.81. The molecule has 0 bridgehead atoms. The summed E-state index contributed by atoms with van der Waals surface area (Å²) >= 11 is 0. The van der Waals surface area contributed by atoms with Crippen LogP contribution >= 0.6 is 0 Å². The molecular formula is C23H29N5. The van der Waals surface area contributed by atoms with E-state index in [1.165, 1.54) is 11.4 Å². The largest absolute Gasteiger partial charge is 0.369 e. The maximum Gasteiger partial charge on any atom is 0.139 e. The van der Waals surface area contributed by atoms with Crippen LogP contribution in [-0.2, 0) is 7.05 Å². The summed E-state index contributed by atoms with van der Waals surface area (Å²) in [6.45, 7) is 5.11. The number of aromatic nitrogens is 2. The summed E-state index contributed by atoms with van der Waals surface area (Å²) in [6, 6.07) is 21.5. The molecule has 0 aliphatic carbocycles. The first-order valence-corrected chi connectivity index (χ1v) is 10.0. The summed E-state index contributed by atoms with van der Waals surface area (Å²) < 4.78 is 2.25. The van der Waals surface area contributed by atoms with Crippen molar-refractivity contribution in [2.75, 3.05) is 44.7 Å². The van der Waals surface area contributed by atoms with Crippen LogP contribution in [0.25, 0.3) is 11.4 Å². The highest BCUT2D eigenvalue weighted by atomic mass is 15.3. The number of hydrogen-bond acceptors (Lipinski definition) is 4. The average molecular weight is 376 g/mol. The SMILES string of the molecule is CNCC(c1cnc(-c2ccccc2)n1C)N1CCN(c2ccccc2)CC1. The Morgan fingerprint density at radius 1 is 0.929 bits per heavy atom. The third-order valence-electron chi connectivity index (χ3n) is 5.67. The Labute approximate surface area is 167 Å². The van der Waals surface area contributed by atoms with E-state index in [1.54, 1.807) is 0 Å². The highest BCUT2D eigenvalue weighted by Gasteiger charge is 2.27. The average Bonchev–Trinajstić information content (AvgIpc) is 3.14. The van der Waals surface area contributed by atoms with Gasteiger partial charge in [0, 0.05) is 51.0 Å². The molecule has 0 spiro atoms. The predicted octanol–water partition coefficient (Wildman–Crippen LogP) is 3.17. The molecule has 0 radical (unpaired) electrons. The van der Waals surface area contributed by atoms with Crippen molar-refractivity contribution in [2.24, 2.45) is 7.05 Å². The number of para-hydroxylation sites is 1. The van der Waals surface area contributed by atoms with Gasteiger partial charge in [0.1, 0.15) is 5.82 Å². The molecule has 1 aromatic heterocycles. The lowest BCUT2D eigenvalue weighted by atomic mass is 10.1. The van der Waals surface area contributed by atoms with Crippen molar-refractivity contribution in [3.05, 3.63) is 72.6 Å². The minimum Gasteiger partial charge on any atom is -0.369 e. The lowest BCUT2D eigenvalue weighted by Gasteiger charge is -2.40. The molecule has 4 rings (SSSR count). The molecule has 1 N–H and O–H groups in total. The van der Waals surface area contributed by atoms with Crippen molar-refractivity contribution in [1.29, 1.82) is 0 Å². The fourth-order valence-corrected chi connectivity index (χ4v) is 4.13. The standard InChI is InChI=1S/C23H29N5/c1-24-17-22(21-18-25-23(26(21)2)19-9-5-3-6-10-19)28-15-13-27(14-16-28)20-11-7-4-8-12-20/h3-12,18,22,24H,13-17H2,1-2H3. The Bertz CT molecular complexity index is 867. The van der Waals surface area contributed by atoms with Crippen LogP contribution in [0.5, 0.6) is 0 Å². The molecule has 1 aliphatic rings. The Kier molecular flexibility index (Phi) is 5.74. The number of benzene rings is 2. The molecule has 2 aromatic carbocycles. The molecule has 28 heavy (non-hydrogen) atoms. The third-order valence-corrected chi connectivity index (χ3v) is 5.67. The number of nitrogens with zero attached hydrogens (tertiary/aromatic N) is 4. The molecule has 2 heterocycles. The van der Waals surface area contributed by atoms with E-state index in [0.717, 1.165) is 44.1 Å². The second kappa shape index (κ2) is 8.59. The zero-order valence-electron chi connectivity index (χ0n) is 16.8. The summed E-state index contributed by atoms with van der Waals surface area (Å²) in [5.74, 6) is 1.03. The predicted molar refractivity (Wildman–Crippen MR) is 116 cm³/mol. The van der Waals surface area contributed by atoms with E-state index in [-0.39, 0.29) is 0 Å². The first-order valence-electron chi connectivity index (χ1n) is 10.0. The highest BCUT2D eigenvalue weighted by molar-refractivity contribution is 5.56. The summed E-state index contributed by atoms with van der Waals surface area (Å²) in [5.41, 5.74) is 3.74. The maximum atomic E-state index is 4.74. The van der Waals surface area contributed by atoms with Gasteiger partial charge in [0.05, 0.1) is 17.9 Å². The topological polar surface area (TPSA) is 36.3 Å². The van der Waals surface area contributed by atoms with E-state index < -0.39 is 0 Å². The van der Waals surface area contributed by atoms with E-state index in [0.29, 0.717) is 6.04 Å². The second-order valence-corrected chi connectivity index (χ2v) is 7.36. The van der Waals surface area contributed by atoms with Crippen molar-refractivity contribution in [1.82, 2.24) is 19.8 Å². The number of imidazole rings is 1. The molecule has 146 valence electrons. The van der Waals surface area contributed by atoms with Crippen LogP contribution < -0.4 is 10.2 Å². The molecule has 1 atom stereocenters. The summed E-state index contributed by atoms with van der Waals surface area (Å²) in [6.07, 6.45) is 2.05. The number of anilines is 1. The van der Waals surface area contributed by atoms with E-state index in [2.05, 4.69) is 81.3 Å². The summed E-state index contributed by atoms with van der Waals surface area (Å²) in [5, 5.41) is 3.39. The van der Waals surface area contributed by atoms with Crippen LogP contribution in [-0.4, -0.2) is 54.2 Å². The molecule has 0 amide bonds. The summed E-state index contributed by atoms with van der Waals surface area (Å²) in [4.78, 5) is 9.81. The molecule has 1 fully saturated rings. The summed E-state index contributed by atoms with van der Waals surface area (Å²) in [7, 11) is 4.16. The molecule has 5 heteroatoms. The van der Waals surface area contributed by atoms with Crippen molar-refractivity contribution < 1.29 is 0 Å². The van der Waals surface area contributed by atoms with Crippen LogP contribution in [0.3, 0.4) is 0 Å². The first-order chi connectivity index (χ1) is 13.8. The quantitative estimate of drug-likeness (QED) is 0.718. The zero-order chi connectivity index (χ0) is 19.3. The van der Waals surface area contributed by atoms with Crippen LogP contribution in [0, 0.1) is 0 Å². The Hall–Kier alpha value is -2.63. The smallest absolute Gasteiger partial charge is 0.139 e. The molecule has 3 aromatic rings. The Morgan fingerprint density at radius 2 is 1.57 bits per heavy atom. The normalized spacial score (nSPS) is 16.3. The van der Waals surface area contributed by atoms with E-state index >= 15 is 0 Å². The van der Waals surface area contributed by atoms with Gasteiger partial charge in [-0.05, 0) is 19.2 Å². The van der Waals surface area contributed by atoms with E-state index in [4.69, 9.17) is 4.98 Å². The van der Waals surface area contributed by atoms with E-state index in [9.17, 15) is 0 Å². The second-order valence-electron chi connectivity index (χ2n) is 7.36. The van der Waals surface area contributed by atoms with Gasteiger partial charge in [-0.1, -0.05) is 48.5 Å². The monoisotopic (exact) mass is 375 g/mol. The minimum absolute atomic E-state index is 0.317. The van der Waals surface area contributed by atoms with Gasteiger partial charge in [0.25, 0.3) is 0 Å². The van der Waals surface area contributed by atoms with Crippen molar-refractivity contribution >= 4 is 5.69 Å². The van der Waals surface area contributed by atoms with Gasteiger partial charge in [-0.15, -0.1) is 0 Å². The molecule has 1 saturated heterocycles. The molecule has 1 unspecified atom stereocenters. The van der Waals surface area contributed by atoms with Crippen molar-refractivity contribution in [2.45, 2.75) is 6.04 Å². The minimum atomic E-state index is 0.317. The maximum absolute atomic E-state index is 4.74. The van der Waals surface area contributed by atoms with Gasteiger partial charge in [0.2, 0.25) is 0 Å². The highest BCUT2D eigenvalue weighted by Crippen LogP contribution is 2.27.